The van der Waals surface area contributed by atoms with Crippen molar-refractivity contribution in [3.63, 3.8) is 0 Å². The van der Waals surface area contributed by atoms with Gasteiger partial charge in [0.05, 0.1) is 0 Å². The summed E-state index contributed by atoms with van der Waals surface area (Å²) >= 11 is 1.75. The van der Waals surface area contributed by atoms with Gasteiger partial charge in [-0.3, -0.25) is 4.21 Å². The fourth-order valence-electron chi connectivity index (χ4n) is 1.54. The summed E-state index contributed by atoms with van der Waals surface area (Å²) in [6, 6.07) is 8.91. The zero-order valence-corrected chi connectivity index (χ0v) is 12.4. The van der Waals surface area contributed by atoms with Gasteiger partial charge in [-0.2, -0.15) is 0 Å². The minimum atomic E-state index is -0.671. The van der Waals surface area contributed by atoms with E-state index in [9.17, 15) is 4.21 Å². The zero-order chi connectivity index (χ0) is 12.7. The second-order valence-electron chi connectivity index (χ2n) is 3.88. The summed E-state index contributed by atoms with van der Waals surface area (Å²) in [7, 11) is -0.671. The van der Waals surface area contributed by atoms with Gasteiger partial charge in [-0.25, -0.2) is 0 Å². The summed E-state index contributed by atoms with van der Waals surface area (Å²) < 4.78 is 11.3. The molecule has 0 saturated carbocycles. The Morgan fingerprint density at radius 3 is 2.53 bits per heavy atom. The molecule has 2 unspecified atom stereocenters. The van der Waals surface area contributed by atoms with Crippen LogP contribution < -0.4 is 5.32 Å². The van der Waals surface area contributed by atoms with Crippen LogP contribution in [0.1, 0.15) is 25.5 Å². The van der Waals surface area contributed by atoms with E-state index in [1.165, 1.54) is 10.5 Å². The standard InChI is InChI=1S/C13H21NOS2/c1-4-17(15)10-9-14-11(2)12-5-7-13(16-3)8-6-12/h5-8,11,14H,4,9-10H2,1-3H3. The topological polar surface area (TPSA) is 29.1 Å². The van der Waals surface area contributed by atoms with Crippen molar-refractivity contribution < 1.29 is 4.21 Å². The fraction of sp³-hybridized carbons (Fsp3) is 0.538. The van der Waals surface area contributed by atoms with Gasteiger partial charge in [-0.1, -0.05) is 19.1 Å². The van der Waals surface area contributed by atoms with E-state index in [0.29, 0.717) is 6.04 Å². The van der Waals surface area contributed by atoms with E-state index < -0.39 is 10.8 Å². The lowest BCUT2D eigenvalue weighted by atomic mass is 10.1. The third kappa shape index (κ3) is 5.23. The van der Waals surface area contributed by atoms with Gasteiger partial charge in [0.2, 0.25) is 0 Å². The molecule has 0 aliphatic carbocycles. The summed E-state index contributed by atoms with van der Waals surface area (Å²) in [6.45, 7) is 4.91. The van der Waals surface area contributed by atoms with E-state index >= 15 is 0 Å². The van der Waals surface area contributed by atoms with Crippen molar-refractivity contribution in [2.45, 2.75) is 24.8 Å². The monoisotopic (exact) mass is 271 g/mol. The van der Waals surface area contributed by atoms with Crippen LogP contribution in [-0.2, 0) is 10.8 Å². The van der Waals surface area contributed by atoms with Crippen molar-refractivity contribution in [1.29, 1.82) is 0 Å². The van der Waals surface area contributed by atoms with E-state index in [4.69, 9.17) is 0 Å². The molecule has 0 amide bonds. The molecule has 0 aromatic heterocycles. The molecule has 1 aromatic carbocycles. The van der Waals surface area contributed by atoms with Crippen molar-refractivity contribution >= 4 is 22.6 Å². The maximum absolute atomic E-state index is 11.3. The van der Waals surface area contributed by atoms with E-state index in [1.807, 2.05) is 6.92 Å². The Kier molecular flexibility index (Phi) is 6.85. The average molecular weight is 271 g/mol. The summed E-state index contributed by atoms with van der Waals surface area (Å²) in [6.07, 6.45) is 2.08. The summed E-state index contributed by atoms with van der Waals surface area (Å²) in [5.41, 5.74) is 1.28. The third-order valence-corrected chi connectivity index (χ3v) is 4.77. The molecule has 1 aromatic rings. The molecule has 0 spiro atoms. The highest BCUT2D eigenvalue weighted by Crippen LogP contribution is 2.18. The lowest BCUT2D eigenvalue weighted by Gasteiger charge is -2.14. The first-order valence-corrected chi connectivity index (χ1v) is 8.61. The molecular weight excluding hydrogens is 250 g/mol. The van der Waals surface area contributed by atoms with Gasteiger partial charge in [0.25, 0.3) is 0 Å². The lowest BCUT2D eigenvalue weighted by Crippen LogP contribution is -2.24. The molecule has 1 N–H and O–H groups in total. The van der Waals surface area contributed by atoms with Gasteiger partial charge in [0, 0.05) is 39.8 Å². The van der Waals surface area contributed by atoms with Gasteiger partial charge >= 0.3 is 0 Å². The normalized spacial score (nSPS) is 14.5. The van der Waals surface area contributed by atoms with Crippen molar-refractivity contribution in [1.82, 2.24) is 5.32 Å². The SMILES string of the molecule is CCS(=O)CCNC(C)c1ccc(SC)cc1. The van der Waals surface area contributed by atoms with Gasteiger partial charge < -0.3 is 5.32 Å². The van der Waals surface area contributed by atoms with E-state index in [0.717, 1.165) is 18.1 Å². The molecule has 17 heavy (non-hydrogen) atoms. The number of hydrogen-bond donors (Lipinski definition) is 1. The Hall–Kier alpha value is -0.320. The van der Waals surface area contributed by atoms with Crippen LogP contribution >= 0.6 is 11.8 Å². The zero-order valence-electron chi connectivity index (χ0n) is 10.7. The minimum Gasteiger partial charge on any atom is -0.309 e. The van der Waals surface area contributed by atoms with Gasteiger partial charge in [-0.05, 0) is 30.9 Å². The van der Waals surface area contributed by atoms with E-state index in [2.05, 4.69) is 42.8 Å². The number of thioether (sulfide) groups is 1. The first kappa shape index (κ1) is 14.7. The fourth-order valence-corrected chi connectivity index (χ4v) is 2.59. The molecule has 0 heterocycles. The number of rotatable bonds is 7. The Morgan fingerprint density at radius 2 is 2.00 bits per heavy atom. The van der Waals surface area contributed by atoms with Crippen molar-refractivity contribution in [2.75, 3.05) is 24.3 Å². The smallest absolute Gasteiger partial charge is 0.0360 e. The maximum atomic E-state index is 11.3. The molecule has 0 radical (unpaired) electrons. The first-order chi connectivity index (χ1) is 8.17. The van der Waals surface area contributed by atoms with Crippen LogP contribution in [0.3, 0.4) is 0 Å². The summed E-state index contributed by atoms with van der Waals surface area (Å²) in [5.74, 6) is 1.49. The predicted octanol–water partition coefficient (Wildman–Crippen LogP) is 2.83. The Balaban J connectivity index is 2.40. The number of benzene rings is 1. The molecule has 0 aliphatic rings. The van der Waals surface area contributed by atoms with Crippen molar-refractivity contribution in [3.8, 4) is 0 Å². The Bertz CT molecular complexity index is 351. The molecule has 4 heteroatoms. The average Bonchev–Trinajstić information content (AvgIpc) is 2.38. The largest absolute Gasteiger partial charge is 0.309 e. The first-order valence-electron chi connectivity index (χ1n) is 5.89. The number of hydrogen-bond acceptors (Lipinski definition) is 3. The molecule has 0 aliphatic heterocycles. The lowest BCUT2D eigenvalue weighted by molar-refractivity contribution is 0.596. The highest BCUT2D eigenvalue weighted by Gasteiger charge is 2.05. The Labute approximate surface area is 111 Å². The second kappa shape index (κ2) is 7.90. The predicted molar refractivity (Wildman–Crippen MR) is 78.2 cm³/mol. The molecule has 0 saturated heterocycles. The van der Waals surface area contributed by atoms with E-state index in [1.54, 1.807) is 11.8 Å². The van der Waals surface area contributed by atoms with E-state index in [-0.39, 0.29) is 0 Å². The molecule has 0 bridgehead atoms. The minimum absolute atomic E-state index is 0.319. The van der Waals surface area contributed by atoms with Gasteiger partial charge in [0.1, 0.15) is 0 Å². The van der Waals surface area contributed by atoms with Crippen LogP contribution in [0.15, 0.2) is 29.2 Å². The van der Waals surface area contributed by atoms with Crippen molar-refractivity contribution in [3.05, 3.63) is 29.8 Å². The van der Waals surface area contributed by atoms with Crippen LogP contribution in [-0.4, -0.2) is 28.5 Å². The highest BCUT2D eigenvalue weighted by atomic mass is 32.2. The third-order valence-electron chi connectivity index (χ3n) is 2.72. The molecule has 96 valence electrons. The Morgan fingerprint density at radius 1 is 1.35 bits per heavy atom. The molecule has 2 atom stereocenters. The quantitative estimate of drug-likeness (QED) is 0.773. The summed E-state index contributed by atoms with van der Waals surface area (Å²) in [4.78, 5) is 1.29. The summed E-state index contributed by atoms with van der Waals surface area (Å²) in [5, 5.41) is 3.40. The molecule has 0 fully saturated rings. The molecular formula is C13H21NOS2. The van der Waals surface area contributed by atoms with Crippen LogP contribution in [0.4, 0.5) is 0 Å². The van der Waals surface area contributed by atoms with Crippen LogP contribution in [0.5, 0.6) is 0 Å². The molecule has 2 nitrogen and oxygen atoms in total. The second-order valence-corrected chi connectivity index (χ2v) is 6.63. The van der Waals surface area contributed by atoms with Gasteiger partial charge in [-0.15, -0.1) is 11.8 Å². The van der Waals surface area contributed by atoms with Crippen LogP contribution in [0.25, 0.3) is 0 Å². The van der Waals surface area contributed by atoms with Gasteiger partial charge in [0.15, 0.2) is 0 Å². The van der Waals surface area contributed by atoms with Crippen LogP contribution in [0, 0.1) is 0 Å². The van der Waals surface area contributed by atoms with Crippen LogP contribution in [0.2, 0.25) is 0 Å². The molecule has 1 rings (SSSR count). The number of nitrogens with one attached hydrogen (secondary N) is 1. The maximum Gasteiger partial charge on any atom is 0.0360 e. The highest BCUT2D eigenvalue weighted by molar-refractivity contribution is 7.98. The van der Waals surface area contributed by atoms with Crippen molar-refractivity contribution in [2.24, 2.45) is 0 Å².